The van der Waals surface area contributed by atoms with Crippen LogP contribution in [0.2, 0.25) is 5.02 Å². The Bertz CT molecular complexity index is 1230. The number of aryl methyl sites for hydroxylation is 1. The Balaban J connectivity index is 1.87. The van der Waals surface area contributed by atoms with Gasteiger partial charge in [0.1, 0.15) is 17.2 Å². The highest BCUT2D eigenvalue weighted by Crippen LogP contribution is 2.38. The molecule has 0 saturated carbocycles. The maximum atomic E-state index is 13.5. The van der Waals surface area contributed by atoms with Gasteiger partial charge in [0, 0.05) is 6.07 Å². The second-order valence-electron chi connectivity index (χ2n) is 7.20. The van der Waals surface area contributed by atoms with Gasteiger partial charge in [-0.25, -0.2) is 4.90 Å². The molecule has 2 amide bonds. The smallest absolute Gasteiger partial charge is 0.282 e. The third-order valence-electron chi connectivity index (χ3n) is 5.18. The van der Waals surface area contributed by atoms with E-state index >= 15 is 0 Å². The number of anilines is 2. The number of methoxy groups -OCH3 is 2. The number of carbonyl (C=O) groups excluding carboxylic acids is 2. The summed E-state index contributed by atoms with van der Waals surface area (Å²) in [5.74, 6) is 0.100. The van der Waals surface area contributed by atoms with Gasteiger partial charge in [-0.3, -0.25) is 9.59 Å². The summed E-state index contributed by atoms with van der Waals surface area (Å²) in [7, 11) is 3.08. The number of imide groups is 1. The zero-order valence-electron chi connectivity index (χ0n) is 17.8. The summed E-state index contributed by atoms with van der Waals surface area (Å²) < 4.78 is 10.7. The third kappa shape index (κ3) is 3.81. The van der Waals surface area contributed by atoms with Crippen LogP contribution < -0.4 is 19.7 Å². The Labute approximate surface area is 191 Å². The predicted octanol–water partition coefficient (Wildman–Crippen LogP) is 5.06. The average Bonchev–Trinajstić information content (AvgIpc) is 3.04. The van der Waals surface area contributed by atoms with Crippen molar-refractivity contribution in [1.29, 1.82) is 0 Å². The monoisotopic (exact) mass is 448 g/mol. The number of carbonyl (C=O) groups is 2. The lowest BCUT2D eigenvalue weighted by Gasteiger charge is -2.17. The van der Waals surface area contributed by atoms with Gasteiger partial charge in [0.2, 0.25) is 0 Å². The van der Waals surface area contributed by atoms with E-state index in [0.29, 0.717) is 33.5 Å². The fraction of sp³-hybridized carbons (Fsp3) is 0.120. The Hall–Kier alpha value is -3.77. The first-order valence-corrected chi connectivity index (χ1v) is 10.3. The number of benzene rings is 3. The van der Waals surface area contributed by atoms with Gasteiger partial charge in [0.05, 0.1) is 36.2 Å². The summed E-state index contributed by atoms with van der Waals surface area (Å²) in [6, 6.07) is 19.3. The highest BCUT2D eigenvalue weighted by molar-refractivity contribution is 6.48. The number of para-hydroxylation sites is 1. The summed E-state index contributed by atoms with van der Waals surface area (Å²) in [4.78, 5) is 28.1. The molecular formula is C25H21ClN2O4. The molecule has 0 aromatic heterocycles. The Morgan fingerprint density at radius 2 is 1.59 bits per heavy atom. The molecule has 0 atom stereocenters. The lowest BCUT2D eigenvalue weighted by molar-refractivity contribution is -0.120. The van der Waals surface area contributed by atoms with E-state index in [-0.39, 0.29) is 11.3 Å². The molecule has 162 valence electrons. The molecule has 0 saturated heterocycles. The molecule has 7 heteroatoms. The average molecular weight is 449 g/mol. The molecule has 32 heavy (non-hydrogen) atoms. The van der Waals surface area contributed by atoms with Crippen molar-refractivity contribution in [2.45, 2.75) is 6.92 Å². The number of nitrogens with zero attached hydrogens (tertiary/aromatic N) is 1. The molecule has 1 aliphatic rings. The zero-order chi connectivity index (χ0) is 22.8. The minimum atomic E-state index is -0.511. The van der Waals surface area contributed by atoms with E-state index in [9.17, 15) is 9.59 Å². The highest BCUT2D eigenvalue weighted by Gasteiger charge is 2.41. The molecule has 0 radical (unpaired) electrons. The van der Waals surface area contributed by atoms with E-state index < -0.39 is 11.8 Å². The SMILES string of the molecule is COc1ccc(OC)c(NC2=C(c3ccc(C)cc3)C(=O)N(c3ccccc3Cl)C2=O)c1. The van der Waals surface area contributed by atoms with Crippen molar-refractivity contribution in [3.05, 3.63) is 88.6 Å². The first kappa shape index (κ1) is 21.5. The topological polar surface area (TPSA) is 67.9 Å². The Morgan fingerprint density at radius 3 is 2.25 bits per heavy atom. The van der Waals surface area contributed by atoms with Crippen LogP contribution in [0.4, 0.5) is 11.4 Å². The second-order valence-corrected chi connectivity index (χ2v) is 7.61. The van der Waals surface area contributed by atoms with Gasteiger partial charge in [-0.15, -0.1) is 0 Å². The van der Waals surface area contributed by atoms with Crippen molar-refractivity contribution in [3.63, 3.8) is 0 Å². The number of nitrogens with one attached hydrogen (secondary N) is 1. The first-order valence-electron chi connectivity index (χ1n) is 9.88. The summed E-state index contributed by atoms with van der Waals surface area (Å²) in [5.41, 5.74) is 2.85. The Morgan fingerprint density at radius 1 is 0.875 bits per heavy atom. The number of ether oxygens (including phenoxy) is 2. The summed E-state index contributed by atoms with van der Waals surface area (Å²) in [6.07, 6.45) is 0. The molecule has 3 aromatic rings. The summed E-state index contributed by atoms with van der Waals surface area (Å²) >= 11 is 6.32. The molecule has 0 fully saturated rings. The first-order chi connectivity index (χ1) is 15.4. The number of rotatable bonds is 6. The van der Waals surface area contributed by atoms with Crippen LogP contribution in [0.25, 0.3) is 5.57 Å². The van der Waals surface area contributed by atoms with Crippen LogP contribution in [-0.4, -0.2) is 26.0 Å². The minimum absolute atomic E-state index is 0.130. The van der Waals surface area contributed by atoms with Gasteiger partial charge >= 0.3 is 0 Å². The molecule has 6 nitrogen and oxygen atoms in total. The van der Waals surface area contributed by atoms with Gasteiger partial charge in [-0.2, -0.15) is 0 Å². The molecule has 0 aliphatic carbocycles. The fourth-order valence-corrected chi connectivity index (χ4v) is 3.75. The van der Waals surface area contributed by atoms with E-state index in [2.05, 4.69) is 5.32 Å². The second kappa shape index (κ2) is 8.77. The molecule has 0 bridgehead atoms. The van der Waals surface area contributed by atoms with Gasteiger partial charge < -0.3 is 14.8 Å². The largest absolute Gasteiger partial charge is 0.497 e. The third-order valence-corrected chi connectivity index (χ3v) is 5.50. The van der Waals surface area contributed by atoms with Crippen LogP contribution in [-0.2, 0) is 9.59 Å². The van der Waals surface area contributed by atoms with E-state index in [1.54, 1.807) is 49.6 Å². The highest BCUT2D eigenvalue weighted by atomic mass is 35.5. The van der Waals surface area contributed by atoms with Crippen LogP contribution >= 0.6 is 11.6 Å². The summed E-state index contributed by atoms with van der Waals surface area (Å²) in [5, 5.41) is 3.42. The van der Waals surface area contributed by atoms with E-state index in [1.807, 2.05) is 31.2 Å². The van der Waals surface area contributed by atoms with Crippen molar-refractivity contribution in [3.8, 4) is 11.5 Å². The molecule has 4 rings (SSSR count). The zero-order valence-corrected chi connectivity index (χ0v) is 18.6. The van der Waals surface area contributed by atoms with Crippen molar-refractivity contribution in [1.82, 2.24) is 0 Å². The standard InChI is InChI=1S/C25H21ClN2O4/c1-15-8-10-16(11-9-15)22-23(27-19-14-17(31-2)12-13-21(19)32-3)25(30)28(24(22)29)20-7-5-4-6-18(20)26/h4-14,27H,1-3H3. The van der Waals surface area contributed by atoms with E-state index in [0.717, 1.165) is 10.5 Å². The lowest BCUT2D eigenvalue weighted by Crippen LogP contribution is -2.32. The maximum Gasteiger partial charge on any atom is 0.282 e. The van der Waals surface area contributed by atoms with E-state index in [1.165, 1.54) is 7.11 Å². The molecule has 0 spiro atoms. The number of amides is 2. The molecule has 3 aromatic carbocycles. The molecule has 1 N–H and O–H groups in total. The molecular weight excluding hydrogens is 428 g/mol. The van der Waals surface area contributed by atoms with Gasteiger partial charge in [0.15, 0.2) is 0 Å². The van der Waals surface area contributed by atoms with Crippen LogP contribution in [0.3, 0.4) is 0 Å². The quantitative estimate of drug-likeness (QED) is 0.534. The van der Waals surface area contributed by atoms with Crippen molar-refractivity contribution in [2.24, 2.45) is 0 Å². The van der Waals surface area contributed by atoms with Gasteiger partial charge in [0.25, 0.3) is 11.8 Å². The van der Waals surface area contributed by atoms with Crippen molar-refractivity contribution in [2.75, 3.05) is 24.4 Å². The minimum Gasteiger partial charge on any atom is -0.497 e. The van der Waals surface area contributed by atoms with Crippen LogP contribution in [0.15, 0.2) is 72.4 Å². The number of halogens is 1. The predicted molar refractivity (Wildman–Crippen MR) is 125 cm³/mol. The molecule has 1 heterocycles. The van der Waals surface area contributed by atoms with Gasteiger partial charge in [-0.1, -0.05) is 53.6 Å². The molecule has 0 unspecified atom stereocenters. The number of hydrogen-bond acceptors (Lipinski definition) is 5. The maximum absolute atomic E-state index is 13.5. The van der Waals surface area contributed by atoms with E-state index in [4.69, 9.17) is 21.1 Å². The fourth-order valence-electron chi connectivity index (χ4n) is 3.53. The van der Waals surface area contributed by atoms with Crippen LogP contribution in [0, 0.1) is 6.92 Å². The van der Waals surface area contributed by atoms with Gasteiger partial charge in [-0.05, 0) is 36.8 Å². The van der Waals surface area contributed by atoms with Crippen LogP contribution in [0.5, 0.6) is 11.5 Å². The lowest BCUT2D eigenvalue weighted by atomic mass is 10.0. The Kier molecular flexibility index (Phi) is 5.88. The normalized spacial score (nSPS) is 13.6. The van der Waals surface area contributed by atoms with Crippen LogP contribution in [0.1, 0.15) is 11.1 Å². The van der Waals surface area contributed by atoms with Crippen molar-refractivity contribution < 1.29 is 19.1 Å². The number of hydrogen-bond donors (Lipinski definition) is 1. The summed E-state index contributed by atoms with van der Waals surface area (Å²) in [6.45, 7) is 1.95. The molecule has 1 aliphatic heterocycles. The van der Waals surface area contributed by atoms with Crippen molar-refractivity contribution >= 4 is 40.4 Å².